The smallest absolute Gasteiger partial charge is 0.387 e. The Morgan fingerprint density at radius 1 is 1.43 bits per heavy atom. The molecule has 1 aromatic rings. The summed E-state index contributed by atoms with van der Waals surface area (Å²) in [6.45, 7) is -1.81. The zero-order valence-electron chi connectivity index (χ0n) is 14.7. The number of alkyl halides is 2. The molecule has 0 radical (unpaired) electrons. The minimum absolute atomic E-state index is 0.0226. The van der Waals surface area contributed by atoms with Crippen LogP contribution in [0.3, 0.4) is 0 Å². The third kappa shape index (κ3) is 3.26. The molecule has 9 nitrogen and oxygen atoms in total. The highest BCUT2D eigenvalue weighted by Crippen LogP contribution is 2.45. The van der Waals surface area contributed by atoms with Gasteiger partial charge in [0.1, 0.15) is 12.4 Å². The topological polar surface area (TPSA) is 117 Å². The van der Waals surface area contributed by atoms with E-state index >= 15 is 0 Å². The van der Waals surface area contributed by atoms with E-state index in [0.717, 1.165) is 25.3 Å². The maximum Gasteiger partial charge on any atom is 0.387 e. The standard InChI is InChI=1S/C17H14F2N2O7/c1-7-12(15(22)26-2)13(14-10(20-7)6-27-16(14)23)9-5-8(21(24)25)3-4-11(9)28-17(18)19/h3-5,13,17,20H,6H2,1-2H3/t13-/m0/s1. The summed E-state index contributed by atoms with van der Waals surface area (Å²) < 4.78 is 40.0. The molecule has 0 fully saturated rings. The van der Waals surface area contributed by atoms with Crippen molar-refractivity contribution in [2.24, 2.45) is 0 Å². The van der Waals surface area contributed by atoms with Gasteiger partial charge >= 0.3 is 18.6 Å². The molecule has 11 heteroatoms. The van der Waals surface area contributed by atoms with Crippen LogP contribution in [0.4, 0.5) is 14.5 Å². The average Bonchev–Trinajstić information content (AvgIpc) is 3.00. The molecule has 0 aromatic heterocycles. The quantitative estimate of drug-likeness (QED) is 0.457. The second-order valence-corrected chi connectivity index (χ2v) is 5.91. The van der Waals surface area contributed by atoms with Crippen molar-refractivity contribution in [3.05, 3.63) is 56.4 Å². The predicted octanol–water partition coefficient (Wildman–Crippen LogP) is 2.14. The normalized spacial score (nSPS) is 18.6. The van der Waals surface area contributed by atoms with Crippen LogP contribution in [-0.4, -0.2) is 37.2 Å². The number of methoxy groups -OCH3 is 1. The molecule has 0 unspecified atom stereocenters. The second kappa shape index (κ2) is 7.25. The molecule has 2 heterocycles. The van der Waals surface area contributed by atoms with Gasteiger partial charge in [0.15, 0.2) is 0 Å². The highest BCUT2D eigenvalue weighted by Gasteiger charge is 2.43. The van der Waals surface area contributed by atoms with Crippen molar-refractivity contribution in [3.8, 4) is 5.75 Å². The molecule has 0 bridgehead atoms. The van der Waals surface area contributed by atoms with Crippen LogP contribution in [0.1, 0.15) is 18.4 Å². The lowest BCUT2D eigenvalue weighted by molar-refractivity contribution is -0.385. The molecule has 1 atom stereocenters. The Bertz CT molecular complexity index is 939. The highest BCUT2D eigenvalue weighted by atomic mass is 19.3. The van der Waals surface area contributed by atoms with E-state index < -0.39 is 40.8 Å². The number of carbonyl (C=O) groups excluding carboxylic acids is 2. The minimum Gasteiger partial charge on any atom is -0.466 e. The van der Waals surface area contributed by atoms with E-state index in [9.17, 15) is 28.5 Å². The lowest BCUT2D eigenvalue weighted by Crippen LogP contribution is -2.30. The zero-order valence-corrected chi connectivity index (χ0v) is 14.7. The van der Waals surface area contributed by atoms with Gasteiger partial charge in [-0.25, -0.2) is 9.59 Å². The number of hydrogen-bond donors (Lipinski definition) is 1. The van der Waals surface area contributed by atoms with E-state index in [4.69, 9.17) is 9.47 Å². The zero-order chi connectivity index (χ0) is 20.6. The van der Waals surface area contributed by atoms with E-state index in [2.05, 4.69) is 10.1 Å². The van der Waals surface area contributed by atoms with Crippen LogP contribution in [0.15, 0.2) is 40.7 Å². The molecule has 0 saturated heterocycles. The Balaban J connectivity index is 2.28. The third-order valence-corrected chi connectivity index (χ3v) is 4.35. The Morgan fingerprint density at radius 3 is 2.75 bits per heavy atom. The first-order valence-corrected chi connectivity index (χ1v) is 7.94. The SMILES string of the molecule is COC(=O)C1=C(C)NC2=C(C(=O)OC2)[C@H]1c1cc([N+](=O)[O-])ccc1OC(F)F. The van der Waals surface area contributed by atoms with E-state index in [1.165, 1.54) is 6.92 Å². The first-order chi connectivity index (χ1) is 13.2. The molecular formula is C17H14F2N2O7. The van der Waals surface area contributed by atoms with Crippen molar-refractivity contribution in [3.63, 3.8) is 0 Å². The van der Waals surface area contributed by atoms with Gasteiger partial charge in [0.25, 0.3) is 5.69 Å². The molecule has 28 heavy (non-hydrogen) atoms. The molecule has 2 aliphatic rings. The maximum absolute atomic E-state index is 12.9. The Labute approximate surface area is 156 Å². The largest absolute Gasteiger partial charge is 0.466 e. The number of non-ortho nitro benzene ring substituents is 1. The number of rotatable bonds is 5. The van der Waals surface area contributed by atoms with Crippen LogP contribution in [0.2, 0.25) is 0 Å². The number of hydrogen-bond acceptors (Lipinski definition) is 8. The molecule has 0 spiro atoms. The third-order valence-electron chi connectivity index (χ3n) is 4.35. The summed E-state index contributed by atoms with van der Waals surface area (Å²) in [5.41, 5.74) is -0.0454. The molecule has 1 N–H and O–H groups in total. The van der Waals surface area contributed by atoms with Gasteiger partial charge in [-0.15, -0.1) is 0 Å². The number of cyclic esters (lactones) is 1. The molecule has 2 aliphatic heterocycles. The van der Waals surface area contributed by atoms with Crippen LogP contribution >= 0.6 is 0 Å². The van der Waals surface area contributed by atoms with Crippen molar-refractivity contribution in [2.45, 2.75) is 19.5 Å². The van der Waals surface area contributed by atoms with E-state index in [0.29, 0.717) is 11.4 Å². The second-order valence-electron chi connectivity index (χ2n) is 5.91. The van der Waals surface area contributed by atoms with Crippen molar-refractivity contribution in [2.75, 3.05) is 13.7 Å². The van der Waals surface area contributed by atoms with E-state index in [1.54, 1.807) is 0 Å². The molecule has 0 aliphatic carbocycles. The van der Waals surface area contributed by atoms with Gasteiger partial charge in [-0.1, -0.05) is 0 Å². The summed E-state index contributed by atoms with van der Waals surface area (Å²) in [4.78, 5) is 35.1. The predicted molar refractivity (Wildman–Crippen MR) is 88.3 cm³/mol. The number of dihydropyridines is 1. The van der Waals surface area contributed by atoms with Gasteiger partial charge in [-0.05, 0) is 13.0 Å². The lowest BCUT2D eigenvalue weighted by atomic mass is 9.80. The Kier molecular flexibility index (Phi) is 4.99. The number of nitro benzene ring substituents is 1. The fraction of sp³-hybridized carbons (Fsp3) is 0.294. The highest BCUT2D eigenvalue weighted by molar-refractivity contribution is 6.01. The lowest BCUT2D eigenvalue weighted by Gasteiger charge is -2.28. The van der Waals surface area contributed by atoms with E-state index in [1.807, 2.05) is 0 Å². The molecule has 0 amide bonds. The van der Waals surface area contributed by atoms with Gasteiger partial charge < -0.3 is 19.5 Å². The Hall–Kier alpha value is -3.50. The minimum atomic E-state index is -3.22. The van der Waals surface area contributed by atoms with Crippen LogP contribution in [0.25, 0.3) is 0 Å². The van der Waals surface area contributed by atoms with Crippen LogP contribution < -0.4 is 10.1 Å². The fourth-order valence-electron chi connectivity index (χ4n) is 3.24. The molecule has 148 valence electrons. The maximum atomic E-state index is 12.9. The monoisotopic (exact) mass is 396 g/mol. The number of benzene rings is 1. The number of nitrogens with one attached hydrogen (secondary N) is 1. The number of carbonyl (C=O) groups is 2. The number of ether oxygens (including phenoxy) is 3. The first-order valence-electron chi connectivity index (χ1n) is 7.94. The van der Waals surface area contributed by atoms with Gasteiger partial charge in [0, 0.05) is 23.4 Å². The van der Waals surface area contributed by atoms with Gasteiger partial charge in [-0.3, -0.25) is 10.1 Å². The summed E-state index contributed by atoms with van der Waals surface area (Å²) in [6.07, 6.45) is 0. The van der Waals surface area contributed by atoms with Gasteiger partial charge in [0.05, 0.1) is 34.8 Å². The Morgan fingerprint density at radius 2 is 2.14 bits per heavy atom. The van der Waals surface area contributed by atoms with Crippen molar-refractivity contribution >= 4 is 17.6 Å². The fourth-order valence-corrected chi connectivity index (χ4v) is 3.24. The van der Waals surface area contributed by atoms with E-state index in [-0.39, 0.29) is 23.3 Å². The van der Waals surface area contributed by atoms with Crippen LogP contribution in [-0.2, 0) is 19.1 Å². The summed E-state index contributed by atoms with van der Waals surface area (Å²) in [6, 6.07) is 2.96. The summed E-state index contributed by atoms with van der Waals surface area (Å²) >= 11 is 0. The summed E-state index contributed by atoms with van der Waals surface area (Å²) in [7, 11) is 1.11. The van der Waals surface area contributed by atoms with Crippen LogP contribution in [0.5, 0.6) is 5.75 Å². The number of esters is 2. The van der Waals surface area contributed by atoms with Crippen molar-refractivity contribution in [1.82, 2.24) is 5.32 Å². The number of halogens is 2. The van der Waals surface area contributed by atoms with Crippen LogP contribution in [0, 0.1) is 10.1 Å². The average molecular weight is 396 g/mol. The van der Waals surface area contributed by atoms with Gasteiger partial charge in [-0.2, -0.15) is 8.78 Å². The number of nitrogens with zero attached hydrogens (tertiary/aromatic N) is 1. The van der Waals surface area contributed by atoms with Crippen molar-refractivity contribution in [1.29, 1.82) is 0 Å². The molecule has 3 rings (SSSR count). The molecular weight excluding hydrogens is 382 g/mol. The summed E-state index contributed by atoms with van der Waals surface area (Å²) in [5, 5.41) is 14.1. The molecule has 1 aromatic carbocycles. The summed E-state index contributed by atoms with van der Waals surface area (Å²) in [5.74, 6) is -3.27. The number of allylic oxidation sites excluding steroid dienone is 1. The van der Waals surface area contributed by atoms with Crippen molar-refractivity contribution < 1.29 is 37.5 Å². The van der Waals surface area contributed by atoms with Gasteiger partial charge in [0.2, 0.25) is 0 Å². The molecule has 0 saturated carbocycles. The first kappa shape index (κ1) is 19.3. The number of nitro groups is 1.